The molecular formula is C12H8N4OS. The van der Waals surface area contributed by atoms with Crippen molar-refractivity contribution in [3.63, 3.8) is 0 Å². The minimum atomic E-state index is 0.443. The summed E-state index contributed by atoms with van der Waals surface area (Å²) in [6.07, 6.45) is 7.18. The van der Waals surface area contributed by atoms with Gasteiger partial charge in [0.2, 0.25) is 5.82 Å². The lowest BCUT2D eigenvalue weighted by Crippen LogP contribution is -1.96. The number of terminal acetylenes is 1. The van der Waals surface area contributed by atoms with Gasteiger partial charge in [-0.05, 0) is 12.1 Å². The number of rotatable bonds is 3. The van der Waals surface area contributed by atoms with Gasteiger partial charge < -0.3 is 9.09 Å². The largest absolute Gasteiger partial charge is 0.332 e. The van der Waals surface area contributed by atoms with Gasteiger partial charge in [0.1, 0.15) is 11.4 Å². The summed E-state index contributed by atoms with van der Waals surface area (Å²) >= 11 is 1.49. The predicted molar refractivity (Wildman–Crippen MR) is 67.7 cm³/mol. The number of nitrogens with zero attached hydrogens (tertiary/aromatic N) is 4. The second kappa shape index (κ2) is 4.47. The lowest BCUT2D eigenvalue weighted by atomic mass is 10.4. The highest BCUT2D eigenvalue weighted by atomic mass is 32.1. The highest BCUT2D eigenvalue weighted by Crippen LogP contribution is 2.22. The Balaban J connectivity index is 1.98. The van der Waals surface area contributed by atoms with E-state index in [-0.39, 0.29) is 0 Å². The van der Waals surface area contributed by atoms with E-state index in [1.165, 1.54) is 11.3 Å². The second-order valence-electron chi connectivity index (χ2n) is 3.52. The molecular weight excluding hydrogens is 248 g/mol. The number of hydrogen-bond donors (Lipinski definition) is 0. The van der Waals surface area contributed by atoms with Gasteiger partial charge in [-0.2, -0.15) is 4.98 Å². The Hall–Kier alpha value is -2.39. The molecule has 0 fully saturated rings. The Morgan fingerprint density at radius 2 is 2.44 bits per heavy atom. The SMILES string of the molecule is C#CCn1cccc1-c1nc(-c2cscn2)no1. The van der Waals surface area contributed by atoms with E-state index >= 15 is 0 Å². The van der Waals surface area contributed by atoms with Gasteiger partial charge in [-0.1, -0.05) is 11.1 Å². The van der Waals surface area contributed by atoms with Crippen molar-refractivity contribution in [2.45, 2.75) is 6.54 Å². The van der Waals surface area contributed by atoms with Crippen LogP contribution in [0.1, 0.15) is 0 Å². The minimum Gasteiger partial charge on any atom is -0.332 e. The van der Waals surface area contributed by atoms with Crippen molar-refractivity contribution in [1.29, 1.82) is 0 Å². The molecule has 6 heteroatoms. The Morgan fingerprint density at radius 3 is 3.22 bits per heavy atom. The van der Waals surface area contributed by atoms with E-state index in [4.69, 9.17) is 10.9 Å². The van der Waals surface area contributed by atoms with E-state index in [1.54, 1.807) is 5.51 Å². The third-order valence-corrected chi connectivity index (χ3v) is 2.98. The van der Waals surface area contributed by atoms with Crippen molar-refractivity contribution < 1.29 is 4.52 Å². The average molecular weight is 256 g/mol. The van der Waals surface area contributed by atoms with E-state index in [0.29, 0.717) is 24.0 Å². The van der Waals surface area contributed by atoms with Gasteiger partial charge in [0.25, 0.3) is 5.89 Å². The summed E-state index contributed by atoms with van der Waals surface area (Å²) in [6, 6.07) is 3.77. The van der Waals surface area contributed by atoms with Crippen LogP contribution in [-0.4, -0.2) is 19.7 Å². The molecule has 3 aromatic heterocycles. The van der Waals surface area contributed by atoms with Crippen molar-refractivity contribution in [2.75, 3.05) is 0 Å². The van der Waals surface area contributed by atoms with Crippen LogP contribution in [0.15, 0.2) is 33.7 Å². The molecule has 0 amide bonds. The lowest BCUT2D eigenvalue weighted by molar-refractivity contribution is 0.429. The Labute approximate surface area is 107 Å². The molecule has 0 aliphatic rings. The molecule has 3 heterocycles. The zero-order valence-corrected chi connectivity index (χ0v) is 10.1. The Kier molecular flexibility index (Phi) is 2.67. The molecule has 0 saturated heterocycles. The fourth-order valence-corrected chi connectivity index (χ4v) is 2.13. The van der Waals surface area contributed by atoms with Crippen LogP contribution in [0.25, 0.3) is 23.1 Å². The van der Waals surface area contributed by atoms with Gasteiger partial charge in [-0.3, -0.25) is 0 Å². The van der Waals surface area contributed by atoms with Crippen molar-refractivity contribution in [2.24, 2.45) is 0 Å². The standard InChI is InChI=1S/C12H8N4OS/c1-2-5-16-6-3-4-10(16)12-14-11(15-17-12)9-7-18-8-13-9/h1,3-4,6-8H,5H2. The first-order valence-corrected chi connectivity index (χ1v) is 6.14. The fourth-order valence-electron chi connectivity index (χ4n) is 1.60. The molecule has 88 valence electrons. The van der Waals surface area contributed by atoms with E-state index in [9.17, 15) is 0 Å². The molecule has 18 heavy (non-hydrogen) atoms. The zero-order chi connectivity index (χ0) is 12.4. The van der Waals surface area contributed by atoms with Gasteiger partial charge >= 0.3 is 0 Å². The molecule has 0 aliphatic carbocycles. The number of hydrogen-bond acceptors (Lipinski definition) is 5. The van der Waals surface area contributed by atoms with E-state index in [1.807, 2.05) is 28.3 Å². The summed E-state index contributed by atoms with van der Waals surface area (Å²) in [4.78, 5) is 8.45. The van der Waals surface area contributed by atoms with Crippen LogP contribution in [0, 0.1) is 12.3 Å². The van der Waals surface area contributed by atoms with Crippen LogP contribution in [0.4, 0.5) is 0 Å². The number of thiazole rings is 1. The molecule has 0 unspecified atom stereocenters. The highest BCUT2D eigenvalue weighted by molar-refractivity contribution is 7.07. The first-order valence-electron chi connectivity index (χ1n) is 5.20. The normalized spacial score (nSPS) is 10.4. The topological polar surface area (TPSA) is 56.7 Å². The van der Waals surface area contributed by atoms with Crippen molar-refractivity contribution in [1.82, 2.24) is 19.7 Å². The minimum absolute atomic E-state index is 0.443. The first kappa shape index (κ1) is 10.7. The van der Waals surface area contributed by atoms with Crippen LogP contribution < -0.4 is 0 Å². The summed E-state index contributed by atoms with van der Waals surface area (Å²) in [7, 11) is 0. The molecule has 0 aliphatic heterocycles. The summed E-state index contributed by atoms with van der Waals surface area (Å²) in [5, 5.41) is 5.78. The maximum atomic E-state index is 5.30. The summed E-state index contributed by atoms with van der Waals surface area (Å²) in [6.45, 7) is 0.469. The average Bonchev–Trinajstić information content (AvgIpc) is 3.10. The molecule has 3 rings (SSSR count). The molecule has 5 nitrogen and oxygen atoms in total. The molecule has 0 spiro atoms. The van der Waals surface area contributed by atoms with Gasteiger partial charge in [-0.25, -0.2) is 4.98 Å². The summed E-state index contributed by atoms with van der Waals surface area (Å²) in [5.41, 5.74) is 3.25. The quantitative estimate of drug-likeness (QED) is 0.675. The lowest BCUT2D eigenvalue weighted by Gasteiger charge is -1.99. The van der Waals surface area contributed by atoms with Crippen LogP contribution in [0.5, 0.6) is 0 Å². The van der Waals surface area contributed by atoms with Crippen LogP contribution >= 0.6 is 11.3 Å². The van der Waals surface area contributed by atoms with Crippen molar-refractivity contribution in [3.8, 4) is 35.4 Å². The monoisotopic (exact) mass is 256 g/mol. The van der Waals surface area contributed by atoms with Gasteiger partial charge in [0, 0.05) is 11.6 Å². The van der Waals surface area contributed by atoms with Crippen LogP contribution in [-0.2, 0) is 6.54 Å². The molecule has 0 bridgehead atoms. The van der Waals surface area contributed by atoms with Crippen LogP contribution in [0.2, 0.25) is 0 Å². The third kappa shape index (κ3) is 1.81. The Morgan fingerprint density at radius 1 is 1.50 bits per heavy atom. The highest BCUT2D eigenvalue weighted by Gasteiger charge is 2.14. The molecule has 3 aromatic rings. The van der Waals surface area contributed by atoms with Gasteiger partial charge in [0.05, 0.1) is 12.1 Å². The number of aromatic nitrogens is 4. The second-order valence-corrected chi connectivity index (χ2v) is 4.24. The van der Waals surface area contributed by atoms with E-state index in [2.05, 4.69) is 21.0 Å². The first-order chi connectivity index (χ1) is 8.88. The summed E-state index contributed by atoms with van der Waals surface area (Å²) in [5.74, 6) is 3.51. The van der Waals surface area contributed by atoms with E-state index in [0.717, 1.165) is 5.69 Å². The summed E-state index contributed by atoms with van der Waals surface area (Å²) < 4.78 is 7.11. The van der Waals surface area contributed by atoms with E-state index < -0.39 is 0 Å². The predicted octanol–water partition coefficient (Wildman–Crippen LogP) is 2.29. The maximum Gasteiger partial charge on any atom is 0.274 e. The molecule has 0 N–H and O–H groups in total. The van der Waals surface area contributed by atoms with Crippen LogP contribution in [0.3, 0.4) is 0 Å². The zero-order valence-electron chi connectivity index (χ0n) is 9.28. The molecule has 0 atom stereocenters. The fraction of sp³-hybridized carbons (Fsp3) is 0.0833. The van der Waals surface area contributed by atoms with Gasteiger partial charge in [0.15, 0.2) is 0 Å². The third-order valence-electron chi connectivity index (χ3n) is 2.40. The smallest absolute Gasteiger partial charge is 0.274 e. The molecule has 0 radical (unpaired) electrons. The Bertz CT molecular complexity index is 690. The molecule has 0 saturated carbocycles. The van der Waals surface area contributed by atoms with Crippen molar-refractivity contribution in [3.05, 3.63) is 29.2 Å². The molecule has 0 aromatic carbocycles. The maximum absolute atomic E-state index is 5.30. The van der Waals surface area contributed by atoms with Crippen molar-refractivity contribution >= 4 is 11.3 Å². The van der Waals surface area contributed by atoms with Gasteiger partial charge in [-0.15, -0.1) is 17.8 Å².